The second-order valence-electron chi connectivity index (χ2n) is 3.73. The molecular weight excluding hydrogens is 237 g/mol. The highest BCUT2D eigenvalue weighted by atomic mass is 32.2. The van der Waals surface area contributed by atoms with E-state index in [4.69, 9.17) is 5.73 Å². The second kappa shape index (κ2) is 5.33. The van der Waals surface area contributed by atoms with Gasteiger partial charge >= 0.3 is 0 Å². The standard InChI is InChI=1S/C12H14FN3S/c1-16-7-11(6-15-16)17-8-10-4-2-3-9(5-14)12(10)13/h2-4,6-7H,5,8,14H2,1H3. The van der Waals surface area contributed by atoms with Crippen molar-refractivity contribution in [3.05, 3.63) is 47.5 Å². The average molecular weight is 251 g/mol. The number of halogens is 1. The maximum Gasteiger partial charge on any atom is 0.131 e. The molecule has 0 atom stereocenters. The van der Waals surface area contributed by atoms with E-state index in [1.807, 2.05) is 19.3 Å². The van der Waals surface area contributed by atoms with E-state index in [1.54, 1.807) is 34.8 Å². The minimum Gasteiger partial charge on any atom is -0.326 e. The molecule has 1 aromatic heterocycles. The predicted molar refractivity (Wildman–Crippen MR) is 67.1 cm³/mol. The van der Waals surface area contributed by atoms with Gasteiger partial charge in [0, 0.05) is 36.0 Å². The summed E-state index contributed by atoms with van der Waals surface area (Å²) in [5.74, 6) is 0.400. The van der Waals surface area contributed by atoms with Gasteiger partial charge in [-0.15, -0.1) is 11.8 Å². The number of nitrogens with two attached hydrogens (primary N) is 1. The SMILES string of the molecule is Cn1cc(SCc2cccc(CN)c2F)cn1. The summed E-state index contributed by atoms with van der Waals surface area (Å²) in [5.41, 5.74) is 6.72. The molecule has 0 saturated heterocycles. The fourth-order valence-electron chi connectivity index (χ4n) is 1.54. The van der Waals surface area contributed by atoms with Crippen LogP contribution in [0.15, 0.2) is 35.5 Å². The van der Waals surface area contributed by atoms with E-state index in [0.29, 0.717) is 16.9 Å². The lowest BCUT2D eigenvalue weighted by Crippen LogP contribution is -2.01. The van der Waals surface area contributed by atoms with E-state index in [0.717, 1.165) is 4.90 Å². The summed E-state index contributed by atoms with van der Waals surface area (Å²) >= 11 is 1.56. The molecule has 0 unspecified atom stereocenters. The van der Waals surface area contributed by atoms with Crippen molar-refractivity contribution in [3.8, 4) is 0 Å². The Kier molecular flexibility index (Phi) is 3.81. The zero-order valence-electron chi connectivity index (χ0n) is 9.56. The van der Waals surface area contributed by atoms with E-state index < -0.39 is 0 Å². The van der Waals surface area contributed by atoms with Gasteiger partial charge in [-0.1, -0.05) is 18.2 Å². The number of aryl methyl sites for hydroxylation is 1. The highest BCUT2D eigenvalue weighted by Gasteiger charge is 2.07. The summed E-state index contributed by atoms with van der Waals surface area (Å²) in [6.07, 6.45) is 3.69. The molecule has 0 bridgehead atoms. The van der Waals surface area contributed by atoms with Crippen LogP contribution in [-0.2, 0) is 19.3 Å². The van der Waals surface area contributed by atoms with Crippen molar-refractivity contribution in [2.45, 2.75) is 17.2 Å². The van der Waals surface area contributed by atoms with Crippen molar-refractivity contribution in [1.29, 1.82) is 0 Å². The largest absolute Gasteiger partial charge is 0.326 e. The molecule has 2 aromatic rings. The molecule has 3 nitrogen and oxygen atoms in total. The third-order valence-electron chi connectivity index (χ3n) is 2.45. The maximum atomic E-state index is 13.9. The third-order valence-corrected chi connectivity index (χ3v) is 3.45. The van der Waals surface area contributed by atoms with Crippen molar-refractivity contribution in [1.82, 2.24) is 9.78 Å². The second-order valence-corrected chi connectivity index (χ2v) is 4.78. The summed E-state index contributed by atoms with van der Waals surface area (Å²) in [5, 5.41) is 4.07. The van der Waals surface area contributed by atoms with Crippen molar-refractivity contribution in [3.63, 3.8) is 0 Å². The highest BCUT2D eigenvalue weighted by molar-refractivity contribution is 7.98. The van der Waals surface area contributed by atoms with Gasteiger partial charge in [-0.3, -0.25) is 4.68 Å². The molecule has 1 heterocycles. The van der Waals surface area contributed by atoms with Crippen LogP contribution in [0.2, 0.25) is 0 Å². The number of hydrogen-bond acceptors (Lipinski definition) is 3. The Bertz CT molecular complexity index is 510. The summed E-state index contributed by atoms with van der Waals surface area (Å²) in [6, 6.07) is 5.34. The zero-order valence-corrected chi connectivity index (χ0v) is 10.4. The van der Waals surface area contributed by atoms with Crippen LogP contribution in [0.3, 0.4) is 0 Å². The number of hydrogen-bond donors (Lipinski definition) is 1. The Morgan fingerprint density at radius 3 is 2.82 bits per heavy atom. The van der Waals surface area contributed by atoms with Gasteiger partial charge in [-0.2, -0.15) is 5.10 Å². The summed E-state index contributed by atoms with van der Waals surface area (Å²) in [7, 11) is 1.86. The first kappa shape index (κ1) is 12.1. The van der Waals surface area contributed by atoms with Crippen LogP contribution >= 0.6 is 11.8 Å². The van der Waals surface area contributed by atoms with Crippen LogP contribution < -0.4 is 5.73 Å². The van der Waals surface area contributed by atoms with Crippen LogP contribution in [-0.4, -0.2) is 9.78 Å². The summed E-state index contributed by atoms with van der Waals surface area (Å²) in [4.78, 5) is 1.03. The lowest BCUT2D eigenvalue weighted by Gasteiger charge is -2.05. The van der Waals surface area contributed by atoms with Crippen molar-refractivity contribution >= 4 is 11.8 Å². The normalized spacial score (nSPS) is 10.8. The molecule has 0 radical (unpaired) electrons. The molecule has 0 amide bonds. The fraction of sp³-hybridized carbons (Fsp3) is 0.250. The molecule has 2 N–H and O–H groups in total. The molecule has 0 spiro atoms. The van der Waals surface area contributed by atoms with E-state index in [-0.39, 0.29) is 12.4 Å². The Labute approximate surface area is 104 Å². The van der Waals surface area contributed by atoms with Crippen LogP contribution in [0.25, 0.3) is 0 Å². The summed E-state index contributed by atoms with van der Waals surface area (Å²) < 4.78 is 15.6. The Hall–Kier alpha value is -1.33. The van der Waals surface area contributed by atoms with Crippen molar-refractivity contribution in [2.75, 3.05) is 0 Å². The number of thioether (sulfide) groups is 1. The summed E-state index contributed by atoms with van der Waals surface area (Å²) in [6.45, 7) is 0.233. The molecule has 17 heavy (non-hydrogen) atoms. The maximum absolute atomic E-state index is 13.9. The molecule has 0 aliphatic carbocycles. The number of benzene rings is 1. The molecule has 1 aromatic carbocycles. The molecule has 0 aliphatic heterocycles. The van der Waals surface area contributed by atoms with E-state index >= 15 is 0 Å². The van der Waals surface area contributed by atoms with E-state index in [2.05, 4.69) is 5.10 Å². The zero-order chi connectivity index (χ0) is 12.3. The van der Waals surface area contributed by atoms with Gasteiger partial charge in [0.1, 0.15) is 5.82 Å². The average Bonchev–Trinajstić information content (AvgIpc) is 2.74. The van der Waals surface area contributed by atoms with Crippen LogP contribution in [0.4, 0.5) is 4.39 Å². The van der Waals surface area contributed by atoms with Gasteiger partial charge in [0.2, 0.25) is 0 Å². The van der Waals surface area contributed by atoms with Gasteiger partial charge in [0.15, 0.2) is 0 Å². The van der Waals surface area contributed by atoms with E-state index in [1.165, 1.54) is 0 Å². The molecule has 0 saturated carbocycles. The molecular formula is C12H14FN3S. The molecule has 5 heteroatoms. The lowest BCUT2D eigenvalue weighted by atomic mass is 10.1. The van der Waals surface area contributed by atoms with Crippen molar-refractivity contribution in [2.24, 2.45) is 12.8 Å². The Balaban J connectivity index is 2.09. The first-order valence-corrected chi connectivity index (χ1v) is 6.27. The van der Waals surface area contributed by atoms with Gasteiger partial charge < -0.3 is 5.73 Å². The van der Waals surface area contributed by atoms with Crippen molar-refractivity contribution < 1.29 is 4.39 Å². The van der Waals surface area contributed by atoms with Gasteiger partial charge in [-0.05, 0) is 5.56 Å². The van der Waals surface area contributed by atoms with Crippen LogP contribution in [0, 0.1) is 5.82 Å². The van der Waals surface area contributed by atoms with Gasteiger partial charge in [-0.25, -0.2) is 4.39 Å². The lowest BCUT2D eigenvalue weighted by molar-refractivity contribution is 0.600. The van der Waals surface area contributed by atoms with Crippen LogP contribution in [0.5, 0.6) is 0 Å². The molecule has 90 valence electrons. The molecule has 0 fully saturated rings. The van der Waals surface area contributed by atoms with E-state index in [9.17, 15) is 4.39 Å². The van der Waals surface area contributed by atoms with Crippen LogP contribution in [0.1, 0.15) is 11.1 Å². The minimum atomic E-state index is -0.189. The smallest absolute Gasteiger partial charge is 0.131 e. The fourth-order valence-corrected chi connectivity index (χ4v) is 2.43. The molecule has 2 rings (SSSR count). The van der Waals surface area contributed by atoms with Gasteiger partial charge in [0.25, 0.3) is 0 Å². The monoisotopic (exact) mass is 251 g/mol. The minimum absolute atomic E-state index is 0.189. The quantitative estimate of drug-likeness (QED) is 0.848. The predicted octanol–water partition coefficient (Wildman–Crippen LogP) is 2.31. The first-order valence-electron chi connectivity index (χ1n) is 5.28. The third kappa shape index (κ3) is 2.87. The molecule has 0 aliphatic rings. The van der Waals surface area contributed by atoms with Gasteiger partial charge in [0.05, 0.1) is 6.20 Å². The number of nitrogens with zero attached hydrogens (tertiary/aromatic N) is 2. The topological polar surface area (TPSA) is 43.8 Å². The first-order chi connectivity index (χ1) is 8.20. The number of aromatic nitrogens is 2. The highest BCUT2D eigenvalue weighted by Crippen LogP contribution is 2.24. The Morgan fingerprint density at radius 1 is 1.41 bits per heavy atom. The number of rotatable bonds is 4. The Morgan fingerprint density at radius 2 is 2.18 bits per heavy atom.